The van der Waals surface area contributed by atoms with E-state index in [1.54, 1.807) is 0 Å². The number of aliphatic carboxylic acids is 4. The first kappa shape index (κ1) is 65.6. The first-order valence-electron chi connectivity index (χ1n) is 22.2. The van der Waals surface area contributed by atoms with Crippen LogP contribution in [0.2, 0.25) is 0 Å². The molecular weight excluding hydrogens is 1070 g/mol. The SMILES string of the molecule is O=C(CCC(C(=O)O)N1CCN(C(CCC(=O)NC(CO)CO)C(=O)O)CCN(C(CCC(=O)NC(CO)CO)C(=O)O)CCN(C(CCC(=O)NC(CO)CO)C(=O)O)CC1)NC(CO)CO.[Gd+3]. The molecule has 1 radical (unpaired) electrons. The Hall–Kier alpha value is -3.40. The summed E-state index contributed by atoms with van der Waals surface area (Å²) in [6.45, 7) is -7.20. The second-order valence-electron chi connectivity index (χ2n) is 16.2. The Morgan fingerprint density at radius 2 is 0.464 bits per heavy atom. The molecule has 69 heavy (non-hydrogen) atoms. The van der Waals surface area contributed by atoms with Crippen LogP contribution >= 0.6 is 0 Å². The normalized spacial score (nSPS) is 16.6. The fourth-order valence-corrected chi connectivity index (χ4v) is 7.44. The molecule has 29 heteroatoms. The molecule has 4 unspecified atom stereocenters. The van der Waals surface area contributed by atoms with Gasteiger partial charge in [0.15, 0.2) is 0 Å². The Morgan fingerprint density at radius 3 is 0.580 bits per heavy atom. The van der Waals surface area contributed by atoms with E-state index in [0.29, 0.717) is 0 Å². The molecule has 397 valence electrons. The number of aliphatic hydroxyl groups excluding tert-OH is 8. The van der Waals surface area contributed by atoms with Gasteiger partial charge >= 0.3 is 63.8 Å². The van der Waals surface area contributed by atoms with Crippen LogP contribution in [0.1, 0.15) is 51.4 Å². The number of carboxylic acids is 4. The number of aliphatic hydroxyl groups is 8. The maximum atomic E-state index is 12.9. The molecule has 1 fully saturated rings. The molecule has 0 spiro atoms. The van der Waals surface area contributed by atoms with Gasteiger partial charge in [-0.15, -0.1) is 0 Å². The van der Waals surface area contributed by atoms with Crippen molar-refractivity contribution in [2.24, 2.45) is 0 Å². The minimum absolute atomic E-state index is 0. The number of amides is 4. The Balaban J connectivity index is 0.0000462. The van der Waals surface area contributed by atoms with Crippen molar-refractivity contribution < 1.29 is 140 Å². The summed E-state index contributed by atoms with van der Waals surface area (Å²) in [6, 6.07) is -10.1. The van der Waals surface area contributed by atoms with Gasteiger partial charge in [-0.25, -0.2) is 0 Å². The minimum atomic E-state index is -1.49. The molecule has 4 amide bonds. The Bertz CT molecular complexity index is 1340. The van der Waals surface area contributed by atoms with Crippen molar-refractivity contribution in [1.29, 1.82) is 0 Å². The average Bonchev–Trinajstić information content (AvgIpc) is 3.30. The molecule has 0 aromatic rings. The molecule has 0 aromatic heterocycles. The van der Waals surface area contributed by atoms with Gasteiger partial charge in [0.25, 0.3) is 0 Å². The molecule has 0 saturated carbocycles. The number of nitrogens with zero attached hydrogens (tertiary/aromatic N) is 4. The smallest absolute Gasteiger partial charge is 0.480 e. The van der Waals surface area contributed by atoms with Gasteiger partial charge in [0, 0.05) is 78.0 Å². The molecule has 0 aromatic carbocycles. The Labute approximate surface area is 430 Å². The van der Waals surface area contributed by atoms with E-state index in [1.807, 2.05) is 0 Å². The van der Waals surface area contributed by atoms with Crippen LogP contribution in [-0.4, -0.2) is 282 Å². The fraction of sp³-hybridized carbons (Fsp3) is 0.800. The van der Waals surface area contributed by atoms with Gasteiger partial charge in [0.1, 0.15) is 24.2 Å². The Morgan fingerprint density at radius 1 is 0.319 bits per heavy atom. The third kappa shape index (κ3) is 25.0. The summed E-state index contributed by atoms with van der Waals surface area (Å²) >= 11 is 0. The van der Waals surface area contributed by atoms with E-state index in [9.17, 15) is 99.6 Å². The molecule has 1 heterocycles. The van der Waals surface area contributed by atoms with Gasteiger partial charge in [-0.3, -0.25) is 58.0 Å². The van der Waals surface area contributed by atoms with Crippen LogP contribution in [0.5, 0.6) is 0 Å². The first-order chi connectivity index (χ1) is 32.3. The maximum absolute atomic E-state index is 12.9. The van der Waals surface area contributed by atoms with E-state index < -0.39 is 174 Å². The van der Waals surface area contributed by atoms with Crippen LogP contribution in [0.15, 0.2) is 0 Å². The van der Waals surface area contributed by atoms with Gasteiger partial charge in [-0.2, -0.15) is 0 Å². The third-order valence-electron chi connectivity index (χ3n) is 11.4. The van der Waals surface area contributed by atoms with E-state index in [0.717, 1.165) is 0 Å². The summed E-state index contributed by atoms with van der Waals surface area (Å²) in [6.07, 6.45) is -3.24. The topological polar surface area (TPSA) is 440 Å². The van der Waals surface area contributed by atoms with Crippen molar-refractivity contribution in [3.8, 4) is 0 Å². The number of rotatable bonds is 32. The summed E-state index contributed by atoms with van der Waals surface area (Å²) in [5.74, 6) is -8.64. The average molecular weight is 1140 g/mol. The third-order valence-corrected chi connectivity index (χ3v) is 11.4. The predicted molar refractivity (Wildman–Crippen MR) is 233 cm³/mol. The zero-order chi connectivity index (χ0) is 51.3. The van der Waals surface area contributed by atoms with Crippen molar-refractivity contribution in [3.05, 3.63) is 0 Å². The van der Waals surface area contributed by atoms with Crippen LogP contribution in [0, 0.1) is 39.9 Å². The molecule has 1 saturated heterocycles. The molecular formula is C40H72GdN8O20+3. The summed E-state index contributed by atoms with van der Waals surface area (Å²) in [5, 5.41) is 127. The van der Waals surface area contributed by atoms with Crippen LogP contribution in [-0.2, 0) is 38.4 Å². The summed E-state index contributed by atoms with van der Waals surface area (Å²) in [7, 11) is 0. The van der Waals surface area contributed by atoms with Crippen molar-refractivity contribution in [2.75, 3.05) is 105 Å². The zero-order valence-corrected chi connectivity index (χ0v) is 40.6. The standard InChI is InChI=1S/C40H72N8O20.Gd/c49-17-25(18-50)41-33(57)5-1-29(37(61)62)45-9-11-46(30(38(63)64)2-6-34(58)42-26(19-51)20-52)13-15-48(32(40(67)68)4-8-36(60)44-28(23-55)24-56)16-14-47(12-10-45)31(39(65)66)3-7-35(59)43-27(21-53)22-54;/h25-32,49-56H,1-24H2,(H,41,57)(H,42,58)(H,43,59)(H,44,60)(H,61,62)(H,63,64)(H,65,66)(H,67,68);/q;+3. The molecule has 16 N–H and O–H groups in total. The molecule has 1 aliphatic heterocycles. The molecule has 0 bridgehead atoms. The van der Waals surface area contributed by atoms with Crippen LogP contribution in [0.25, 0.3) is 0 Å². The summed E-state index contributed by atoms with van der Waals surface area (Å²) < 4.78 is 0. The van der Waals surface area contributed by atoms with Gasteiger partial charge in [0.2, 0.25) is 23.6 Å². The number of hydrogen-bond acceptors (Lipinski definition) is 20. The van der Waals surface area contributed by atoms with Crippen LogP contribution < -0.4 is 21.3 Å². The second kappa shape index (κ2) is 36.5. The van der Waals surface area contributed by atoms with Gasteiger partial charge in [-0.05, 0) is 25.7 Å². The molecule has 1 aliphatic rings. The molecule has 0 aliphatic carbocycles. The zero-order valence-electron chi connectivity index (χ0n) is 38.4. The van der Waals surface area contributed by atoms with Gasteiger partial charge in [0.05, 0.1) is 77.0 Å². The quantitative estimate of drug-likeness (QED) is 0.0297. The summed E-state index contributed by atoms with van der Waals surface area (Å²) in [4.78, 5) is 108. The van der Waals surface area contributed by atoms with Gasteiger partial charge in [-0.1, -0.05) is 0 Å². The number of nitrogens with one attached hydrogen (secondary N) is 4. The number of hydrogen-bond donors (Lipinski definition) is 16. The second-order valence-corrected chi connectivity index (χ2v) is 16.2. The van der Waals surface area contributed by atoms with E-state index in [-0.39, 0.29) is 118 Å². The van der Waals surface area contributed by atoms with Crippen molar-refractivity contribution >= 4 is 47.5 Å². The first-order valence-corrected chi connectivity index (χ1v) is 22.2. The number of carboxylic acid groups (broad SMARTS) is 4. The van der Waals surface area contributed by atoms with Crippen molar-refractivity contribution in [1.82, 2.24) is 40.9 Å². The van der Waals surface area contributed by atoms with Crippen LogP contribution in [0.4, 0.5) is 0 Å². The number of carbonyl (C=O) groups excluding carboxylic acids is 4. The van der Waals surface area contributed by atoms with E-state index >= 15 is 0 Å². The monoisotopic (exact) mass is 1140 g/mol. The fourth-order valence-electron chi connectivity index (χ4n) is 7.44. The number of carbonyl (C=O) groups is 8. The maximum Gasteiger partial charge on any atom is 3.00 e. The minimum Gasteiger partial charge on any atom is -0.480 e. The van der Waals surface area contributed by atoms with Crippen molar-refractivity contribution in [2.45, 2.75) is 99.7 Å². The largest absolute Gasteiger partial charge is 3.00 e. The van der Waals surface area contributed by atoms with Gasteiger partial charge < -0.3 is 82.5 Å². The Kier molecular flexibility index (Phi) is 34.7. The molecule has 28 nitrogen and oxygen atoms in total. The molecule has 4 atom stereocenters. The van der Waals surface area contributed by atoms with E-state index in [2.05, 4.69) is 21.3 Å². The van der Waals surface area contributed by atoms with E-state index in [1.165, 1.54) is 19.6 Å². The van der Waals surface area contributed by atoms with Crippen LogP contribution in [0.3, 0.4) is 0 Å². The summed E-state index contributed by atoms with van der Waals surface area (Å²) in [5.41, 5.74) is 0. The van der Waals surface area contributed by atoms with Crippen molar-refractivity contribution in [3.63, 3.8) is 0 Å². The predicted octanol–water partition coefficient (Wildman–Crippen LogP) is -7.98. The molecule has 1 rings (SSSR count). The van der Waals surface area contributed by atoms with E-state index in [4.69, 9.17) is 0 Å².